The van der Waals surface area contributed by atoms with Crippen LogP contribution in [0.2, 0.25) is 0 Å². The number of carboxylic acids is 1. The van der Waals surface area contributed by atoms with Crippen LogP contribution in [0.5, 0.6) is 0 Å². The number of piperazine rings is 1. The van der Waals surface area contributed by atoms with Gasteiger partial charge in [-0.3, -0.25) is 9.69 Å². The predicted octanol–water partition coefficient (Wildman–Crippen LogP) is 0.360. The molecule has 0 bridgehead atoms. The number of carbonyl (C=O) groups is 3. The minimum atomic E-state index is -1.08. The Labute approximate surface area is 175 Å². The molecule has 1 aromatic heterocycles. The van der Waals surface area contributed by atoms with Crippen LogP contribution < -0.4 is 4.90 Å². The van der Waals surface area contributed by atoms with Gasteiger partial charge in [-0.15, -0.1) is 0 Å². The van der Waals surface area contributed by atoms with Crippen LogP contribution in [0.1, 0.15) is 24.5 Å². The molecular formula is C20H27N5O5. The number of fused-ring (bicyclic) bond motifs is 1. The highest BCUT2D eigenvalue weighted by Gasteiger charge is 2.41. The van der Waals surface area contributed by atoms with Crippen LogP contribution in [0.4, 0.5) is 10.6 Å². The highest BCUT2D eigenvalue weighted by molar-refractivity contribution is 5.83. The fourth-order valence-corrected chi connectivity index (χ4v) is 4.29. The second-order valence-electron chi connectivity index (χ2n) is 8.22. The van der Waals surface area contributed by atoms with E-state index < -0.39 is 24.2 Å². The molecule has 0 radical (unpaired) electrons. The molecule has 0 saturated carbocycles. The first kappa shape index (κ1) is 20.4. The van der Waals surface area contributed by atoms with E-state index in [9.17, 15) is 19.5 Å². The Bertz CT molecular complexity index is 832. The normalized spacial score (nSPS) is 24.1. The number of hydrogen-bond donors (Lipinski definition) is 1. The summed E-state index contributed by atoms with van der Waals surface area (Å²) in [5.74, 6) is -0.494. The minimum absolute atomic E-state index is 0.105. The lowest BCUT2D eigenvalue weighted by atomic mass is 10.2. The van der Waals surface area contributed by atoms with Crippen molar-refractivity contribution in [3.8, 4) is 0 Å². The molecule has 2 atom stereocenters. The lowest BCUT2D eigenvalue weighted by Gasteiger charge is -2.33. The van der Waals surface area contributed by atoms with E-state index in [1.54, 1.807) is 4.90 Å². The van der Waals surface area contributed by atoms with E-state index in [0.29, 0.717) is 13.1 Å². The van der Waals surface area contributed by atoms with E-state index in [1.807, 2.05) is 12.3 Å². The highest BCUT2D eigenvalue weighted by Crippen LogP contribution is 2.28. The SMILES string of the molecule is CC(=O)N1C[C@H](OC(=O)N2Cc3cnc(N4CCN(C)CC4)cc3C2)C[C@H]1C(=O)O. The van der Waals surface area contributed by atoms with Crippen molar-refractivity contribution in [1.29, 1.82) is 0 Å². The molecule has 0 aromatic carbocycles. The van der Waals surface area contributed by atoms with Crippen LogP contribution in [-0.4, -0.2) is 94.7 Å². The summed E-state index contributed by atoms with van der Waals surface area (Å²) in [5, 5.41) is 9.30. The van der Waals surface area contributed by atoms with Crippen LogP contribution >= 0.6 is 0 Å². The Hall–Kier alpha value is -2.88. The lowest BCUT2D eigenvalue weighted by Crippen LogP contribution is -2.44. The zero-order valence-electron chi connectivity index (χ0n) is 17.3. The Balaban J connectivity index is 1.37. The maximum absolute atomic E-state index is 12.7. The van der Waals surface area contributed by atoms with Crippen molar-refractivity contribution in [3.63, 3.8) is 0 Å². The Morgan fingerprint density at radius 1 is 1.13 bits per heavy atom. The third kappa shape index (κ3) is 4.04. The zero-order chi connectivity index (χ0) is 21.4. The molecule has 4 heterocycles. The molecule has 0 spiro atoms. The summed E-state index contributed by atoms with van der Waals surface area (Å²) in [7, 11) is 2.11. The van der Waals surface area contributed by atoms with Gasteiger partial charge < -0.3 is 24.5 Å². The molecule has 10 nitrogen and oxygen atoms in total. The molecule has 0 aliphatic carbocycles. The molecule has 1 N–H and O–H groups in total. The topological polar surface area (TPSA) is 107 Å². The summed E-state index contributed by atoms with van der Waals surface area (Å²) in [4.78, 5) is 47.7. The van der Waals surface area contributed by atoms with Gasteiger partial charge in [0.1, 0.15) is 18.0 Å². The molecule has 162 valence electrons. The molecule has 30 heavy (non-hydrogen) atoms. The second kappa shape index (κ2) is 8.10. The minimum Gasteiger partial charge on any atom is -0.480 e. The van der Waals surface area contributed by atoms with Crippen molar-refractivity contribution in [2.24, 2.45) is 0 Å². The summed E-state index contributed by atoms with van der Waals surface area (Å²) in [6.45, 7) is 6.11. The Kier molecular flexibility index (Phi) is 5.50. The average Bonchev–Trinajstić information content (AvgIpc) is 3.32. The number of amides is 2. The molecule has 1 aromatic rings. The number of nitrogens with zero attached hydrogens (tertiary/aromatic N) is 5. The quantitative estimate of drug-likeness (QED) is 0.751. The van der Waals surface area contributed by atoms with Gasteiger partial charge in [0, 0.05) is 52.3 Å². The molecule has 2 saturated heterocycles. The van der Waals surface area contributed by atoms with E-state index in [1.165, 1.54) is 11.8 Å². The fourth-order valence-electron chi connectivity index (χ4n) is 4.29. The molecule has 3 aliphatic rings. The molecule has 3 aliphatic heterocycles. The number of hydrogen-bond acceptors (Lipinski definition) is 7. The van der Waals surface area contributed by atoms with Crippen LogP contribution in [0.25, 0.3) is 0 Å². The molecule has 2 amide bonds. The number of aliphatic carboxylic acids is 1. The third-order valence-electron chi connectivity index (χ3n) is 6.10. The van der Waals surface area contributed by atoms with E-state index in [-0.39, 0.29) is 18.9 Å². The van der Waals surface area contributed by atoms with Gasteiger partial charge in [0.15, 0.2) is 0 Å². The van der Waals surface area contributed by atoms with Crippen LogP contribution in [0.3, 0.4) is 0 Å². The maximum Gasteiger partial charge on any atom is 0.410 e. The predicted molar refractivity (Wildman–Crippen MR) is 107 cm³/mol. The first-order chi connectivity index (χ1) is 14.3. The summed E-state index contributed by atoms with van der Waals surface area (Å²) in [6, 6.07) is 1.09. The van der Waals surface area contributed by atoms with E-state index >= 15 is 0 Å². The van der Waals surface area contributed by atoms with Gasteiger partial charge in [-0.05, 0) is 24.2 Å². The lowest BCUT2D eigenvalue weighted by molar-refractivity contribution is -0.147. The number of aromatic nitrogens is 1. The molecule has 2 fully saturated rings. The van der Waals surface area contributed by atoms with Crippen LogP contribution in [0, 0.1) is 0 Å². The maximum atomic E-state index is 12.7. The van der Waals surface area contributed by atoms with Crippen LogP contribution in [-0.2, 0) is 27.4 Å². The van der Waals surface area contributed by atoms with Gasteiger partial charge in [0.25, 0.3) is 0 Å². The summed E-state index contributed by atoms with van der Waals surface area (Å²) in [6.07, 6.45) is 0.817. The summed E-state index contributed by atoms with van der Waals surface area (Å²) >= 11 is 0. The van der Waals surface area contributed by atoms with Crippen molar-refractivity contribution in [1.82, 2.24) is 19.7 Å². The molecule has 0 unspecified atom stereocenters. The van der Waals surface area contributed by atoms with Gasteiger partial charge in [0.2, 0.25) is 5.91 Å². The number of carboxylic acid groups (broad SMARTS) is 1. The highest BCUT2D eigenvalue weighted by atomic mass is 16.6. The number of likely N-dealkylation sites (tertiary alicyclic amines) is 1. The van der Waals surface area contributed by atoms with E-state index in [0.717, 1.165) is 43.1 Å². The monoisotopic (exact) mass is 417 g/mol. The van der Waals surface area contributed by atoms with Crippen molar-refractivity contribution >= 4 is 23.8 Å². The molecule has 10 heteroatoms. The van der Waals surface area contributed by atoms with Gasteiger partial charge in [-0.1, -0.05) is 0 Å². The second-order valence-corrected chi connectivity index (χ2v) is 8.22. The number of rotatable bonds is 3. The number of anilines is 1. The Morgan fingerprint density at radius 3 is 2.47 bits per heavy atom. The number of carbonyl (C=O) groups excluding carboxylic acids is 2. The summed E-state index contributed by atoms with van der Waals surface area (Å²) < 4.78 is 5.54. The van der Waals surface area contributed by atoms with Gasteiger partial charge >= 0.3 is 12.1 Å². The van der Waals surface area contributed by atoms with Crippen molar-refractivity contribution < 1.29 is 24.2 Å². The van der Waals surface area contributed by atoms with E-state index in [4.69, 9.17) is 4.74 Å². The largest absolute Gasteiger partial charge is 0.480 e. The first-order valence-corrected chi connectivity index (χ1v) is 10.2. The van der Waals surface area contributed by atoms with Crippen molar-refractivity contribution in [3.05, 3.63) is 23.4 Å². The third-order valence-corrected chi connectivity index (χ3v) is 6.10. The standard InChI is InChI=1S/C20H27N5O5/c1-13(26)25-12-16(8-17(25)19(27)28)30-20(29)24-10-14-7-18(21-9-15(14)11-24)23-5-3-22(2)4-6-23/h7,9,16-17H,3-6,8,10-12H2,1-2H3,(H,27,28)/t16-,17+/m1/s1. The van der Waals surface area contributed by atoms with Crippen molar-refractivity contribution in [2.45, 2.75) is 38.6 Å². The number of pyridine rings is 1. The smallest absolute Gasteiger partial charge is 0.410 e. The molecular weight excluding hydrogens is 390 g/mol. The van der Waals surface area contributed by atoms with Crippen LogP contribution in [0.15, 0.2) is 12.3 Å². The number of likely N-dealkylation sites (N-methyl/N-ethyl adjacent to an activating group) is 1. The van der Waals surface area contributed by atoms with Gasteiger partial charge in [-0.25, -0.2) is 14.6 Å². The Morgan fingerprint density at radius 2 is 1.83 bits per heavy atom. The van der Waals surface area contributed by atoms with E-state index in [2.05, 4.69) is 21.8 Å². The number of ether oxygens (including phenoxy) is 1. The molecule has 4 rings (SSSR count). The average molecular weight is 417 g/mol. The zero-order valence-corrected chi connectivity index (χ0v) is 17.3. The fraction of sp³-hybridized carbons (Fsp3) is 0.600. The van der Waals surface area contributed by atoms with Crippen molar-refractivity contribution in [2.75, 3.05) is 44.7 Å². The first-order valence-electron chi connectivity index (χ1n) is 10.2. The summed E-state index contributed by atoms with van der Waals surface area (Å²) in [5.41, 5.74) is 2.04. The van der Waals surface area contributed by atoms with Gasteiger partial charge in [0.05, 0.1) is 13.1 Å². The van der Waals surface area contributed by atoms with Gasteiger partial charge in [-0.2, -0.15) is 0 Å².